The van der Waals surface area contributed by atoms with Crippen LogP contribution in [0.25, 0.3) is 0 Å². The van der Waals surface area contributed by atoms with Crippen molar-refractivity contribution >= 4 is 0 Å². The molecule has 0 aliphatic carbocycles. The minimum atomic E-state index is -0.445. The molecule has 0 bridgehead atoms. The van der Waals surface area contributed by atoms with Gasteiger partial charge in [0, 0.05) is 11.8 Å². The Kier molecular flexibility index (Phi) is 3.95. The zero-order valence-electron chi connectivity index (χ0n) is 6.70. The Morgan fingerprint density at radius 2 is 2.27 bits per heavy atom. The quantitative estimate of drug-likeness (QED) is 0.381. The molecule has 62 valence electrons. The molecule has 4 heteroatoms. The lowest BCUT2D eigenvalue weighted by Crippen LogP contribution is -1.99. The van der Waals surface area contributed by atoms with Gasteiger partial charge in [-0.15, -0.1) is 0 Å². The van der Waals surface area contributed by atoms with E-state index in [2.05, 4.69) is 0 Å². The summed E-state index contributed by atoms with van der Waals surface area (Å²) in [6.45, 7) is 3.45. The molecule has 0 fully saturated rings. The van der Waals surface area contributed by atoms with Gasteiger partial charge < -0.3 is 5.73 Å². The van der Waals surface area contributed by atoms with E-state index in [1.54, 1.807) is 6.92 Å². The Labute approximate surface area is 65.5 Å². The molecule has 0 aromatic rings. The fourth-order valence-corrected chi connectivity index (χ4v) is 0.629. The summed E-state index contributed by atoms with van der Waals surface area (Å²) in [4.78, 5) is 9.82. The second kappa shape index (κ2) is 4.49. The predicted molar refractivity (Wildman–Crippen MR) is 43.3 cm³/mol. The molecule has 0 aliphatic heterocycles. The fourth-order valence-electron chi connectivity index (χ4n) is 0.629. The Morgan fingerprint density at radius 1 is 1.73 bits per heavy atom. The van der Waals surface area contributed by atoms with Crippen molar-refractivity contribution in [2.24, 2.45) is 5.73 Å². The molecule has 11 heavy (non-hydrogen) atoms. The first-order valence-electron chi connectivity index (χ1n) is 3.36. The molecule has 4 nitrogen and oxygen atoms in total. The molecule has 0 saturated carbocycles. The van der Waals surface area contributed by atoms with E-state index in [-0.39, 0.29) is 5.70 Å². The van der Waals surface area contributed by atoms with Crippen molar-refractivity contribution in [3.05, 3.63) is 33.7 Å². The summed E-state index contributed by atoms with van der Waals surface area (Å²) >= 11 is 0. The highest BCUT2D eigenvalue weighted by atomic mass is 16.6. The van der Waals surface area contributed by atoms with Crippen LogP contribution in [0, 0.1) is 10.1 Å². The van der Waals surface area contributed by atoms with Crippen molar-refractivity contribution in [1.29, 1.82) is 0 Å². The molecule has 0 rings (SSSR count). The molecule has 0 aliphatic rings. The van der Waals surface area contributed by atoms with Crippen LogP contribution in [-0.4, -0.2) is 4.92 Å². The van der Waals surface area contributed by atoms with Crippen molar-refractivity contribution in [2.45, 2.75) is 20.3 Å². The van der Waals surface area contributed by atoms with Crippen molar-refractivity contribution in [3.8, 4) is 0 Å². The van der Waals surface area contributed by atoms with Gasteiger partial charge in [0.1, 0.15) is 0 Å². The molecule has 2 N–H and O–H groups in total. The topological polar surface area (TPSA) is 69.2 Å². The third-order valence-corrected chi connectivity index (χ3v) is 1.000. The van der Waals surface area contributed by atoms with E-state index in [0.29, 0.717) is 12.1 Å². The number of rotatable bonds is 3. The van der Waals surface area contributed by atoms with Crippen LogP contribution < -0.4 is 5.73 Å². The zero-order chi connectivity index (χ0) is 8.85. The first-order valence-corrected chi connectivity index (χ1v) is 3.36. The molecule has 0 saturated heterocycles. The van der Waals surface area contributed by atoms with E-state index in [1.165, 1.54) is 12.2 Å². The van der Waals surface area contributed by atoms with Crippen LogP contribution in [0.2, 0.25) is 0 Å². The Morgan fingerprint density at radius 3 is 2.55 bits per heavy atom. The molecular weight excluding hydrogens is 144 g/mol. The normalized spacial score (nSPS) is 13.3. The summed E-state index contributed by atoms with van der Waals surface area (Å²) in [5.41, 5.74) is 5.79. The van der Waals surface area contributed by atoms with Crippen LogP contribution in [-0.2, 0) is 0 Å². The molecule has 0 radical (unpaired) electrons. The van der Waals surface area contributed by atoms with E-state index in [9.17, 15) is 10.1 Å². The minimum Gasteiger partial charge on any atom is -0.402 e. The summed E-state index contributed by atoms with van der Waals surface area (Å²) in [5.74, 6) is 0. The van der Waals surface area contributed by atoms with Crippen LogP contribution in [0.5, 0.6) is 0 Å². The monoisotopic (exact) mass is 156 g/mol. The SMILES string of the molecule is CC/C=C(\C=C(/C)N)[N+](=O)[O-]. The molecule has 0 aromatic heterocycles. The summed E-state index contributed by atoms with van der Waals surface area (Å²) in [6.07, 6.45) is 3.51. The minimum absolute atomic E-state index is 0.0625. The Balaban J connectivity index is 4.50. The molecule has 0 aromatic carbocycles. The van der Waals surface area contributed by atoms with Gasteiger partial charge in [0.25, 0.3) is 5.70 Å². The number of nitrogens with zero attached hydrogens (tertiary/aromatic N) is 1. The van der Waals surface area contributed by atoms with Gasteiger partial charge >= 0.3 is 0 Å². The van der Waals surface area contributed by atoms with Crippen molar-refractivity contribution in [3.63, 3.8) is 0 Å². The van der Waals surface area contributed by atoms with E-state index < -0.39 is 4.92 Å². The third kappa shape index (κ3) is 4.13. The lowest BCUT2D eigenvalue weighted by Gasteiger charge is -1.91. The average molecular weight is 156 g/mol. The first kappa shape index (κ1) is 9.68. The van der Waals surface area contributed by atoms with Gasteiger partial charge in [-0.25, -0.2) is 0 Å². The average Bonchev–Trinajstić information content (AvgIpc) is 1.86. The maximum absolute atomic E-state index is 10.3. The molecule has 0 unspecified atom stereocenters. The maximum atomic E-state index is 10.3. The van der Waals surface area contributed by atoms with Crippen LogP contribution in [0.4, 0.5) is 0 Å². The van der Waals surface area contributed by atoms with Crippen LogP contribution in [0.15, 0.2) is 23.5 Å². The maximum Gasteiger partial charge on any atom is 0.267 e. The van der Waals surface area contributed by atoms with Gasteiger partial charge in [-0.2, -0.15) is 0 Å². The van der Waals surface area contributed by atoms with Gasteiger partial charge in [-0.05, 0) is 19.4 Å². The van der Waals surface area contributed by atoms with Gasteiger partial charge in [-0.1, -0.05) is 6.92 Å². The van der Waals surface area contributed by atoms with Gasteiger partial charge in [0.2, 0.25) is 0 Å². The summed E-state index contributed by atoms with van der Waals surface area (Å²) in [5, 5.41) is 10.3. The molecular formula is C7H12N2O2. The van der Waals surface area contributed by atoms with Crippen molar-refractivity contribution in [2.75, 3.05) is 0 Å². The molecule has 0 heterocycles. The highest BCUT2D eigenvalue weighted by Crippen LogP contribution is 2.01. The standard InChI is InChI=1S/C7H12N2O2/c1-3-4-7(9(10)11)5-6(2)8/h4-5H,3,8H2,1-2H3/b6-5+,7-4+. The van der Waals surface area contributed by atoms with Gasteiger partial charge in [0.05, 0.1) is 4.92 Å². The number of nitro groups is 1. The van der Waals surface area contributed by atoms with Crippen LogP contribution >= 0.6 is 0 Å². The molecule has 0 atom stereocenters. The van der Waals surface area contributed by atoms with E-state index in [1.807, 2.05) is 6.92 Å². The highest BCUT2D eigenvalue weighted by Gasteiger charge is 2.03. The molecule has 0 amide bonds. The first-order chi connectivity index (χ1) is 5.07. The second-order valence-corrected chi connectivity index (χ2v) is 2.18. The number of hydrogen-bond donors (Lipinski definition) is 1. The third-order valence-electron chi connectivity index (χ3n) is 1.000. The summed E-state index contributed by atoms with van der Waals surface area (Å²) in [7, 11) is 0. The van der Waals surface area contributed by atoms with E-state index in [0.717, 1.165) is 0 Å². The van der Waals surface area contributed by atoms with Crippen LogP contribution in [0.1, 0.15) is 20.3 Å². The van der Waals surface area contributed by atoms with E-state index in [4.69, 9.17) is 5.73 Å². The Bertz CT molecular complexity index is 202. The van der Waals surface area contributed by atoms with Gasteiger partial charge in [0.15, 0.2) is 0 Å². The fraction of sp³-hybridized carbons (Fsp3) is 0.429. The van der Waals surface area contributed by atoms with Crippen LogP contribution in [0.3, 0.4) is 0 Å². The zero-order valence-corrected chi connectivity index (χ0v) is 6.70. The van der Waals surface area contributed by atoms with Crippen molar-refractivity contribution in [1.82, 2.24) is 0 Å². The lowest BCUT2D eigenvalue weighted by molar-refractivity contribution is -0.419. The Hall–Kier alpha value is -1.32. The summed E-state index contributed by atoms with van der Waals surface area (Å²) in [6, 6.07) is 0. The summed E-state index contributed by atoms with van der Waals surface area (Å²) < 4.78 is 0. The smallest absolute Gasteiger partial charge is 0.267 e. The largest absolute Gasteiger partial charge is 0.402 e. The number of nitrogens with two attached hydrogens (primary N) is 1. The predicted octanol–water partition coefficient (Wildman–Crippen LogP) is 1.42. The number of hydrogen-bond acceptors (Lipinski definition) is 3. The molecule has 0 spiro atoms. The van der Waals surface area contributed by atoms with E-state index >= 15 is 0 Å². The van der Waals surface area contributed by atoms with Crippen molar-refractivity contribution < 1.29 is 4.92 Å². The van der Waals surface area contributed by atoms with Gasteiger partial charge in [-0.3, -0.25) is 10.1 Å². The highest BCUT2D eigenvalue weighted by molar-refractivity contribution is 5.14. The lowest BCUT2D eigenvalue weighted by atomic mass is 10.3. The number of allylic oxidation sites excluding steroid dienone is 3. The second-order valence-electron chi connectivity index (χ2n) is 2.18.